The Kier molecular flexibility index (Phi) is 1.43. The maximum atomic E-state index is 2.32. The van der Waals surface area contributed by atoms with E-state index >= 15 is 0 Å². The van der Waals surface area contributed by atoms with E-state index in [1.807, 2.05) is 11.3 Å². The fourth-order valence-electron chi connectivity index (χ4n) is 1.63. The van der Waals surface area contributed by atoms with Crippen LogP contribution in [0.1, 0.15) is 29.2 Å². The normalized spacial score (nSPS) is 15.9. The summed E-state index contributed by atoms with van der Waals surface area (Å²) in [6.07, 6.45) is 1.19. The molecule has 58 valence electrons. The number of hydrogen-bond acceptors (Lipinski definition) is 1. The summed E-state index contributed by atoms with van der Waals surface area (Å²) in [6, 6.07) is 2.32. The number of fused-ring (bicyclic) bond motifs is 1. The molecule has 1 aliphatic rings. The number of aryl methyl sites for hydroxylation is 1. The molecule has 2 rings (SSSR count). The van der Waals surface area contributed by atoms with Crippen LogP contribution in [0.5, 0.6) is 0 Å². The lowest BCUT2D eigenvalue weighted by Crippen LogP contribution is -1.75. The number of thiophene rings is 1. The SMILES string of the molecule is CC1=C(C)c2sc(C)cc2C1. The average molecular weight is 164 g/mol. The molecule has 0 spiro atoms. The first kappa shape index (κ1) is 7.11. The van der Waals surface area contributed by atoms with Crippen molar-refractivity contribution in [3.63, 3.8) is 0 Å². The Labute approximate surface area is 71.6 Å². The zero-order valence-corrected chi connectivity index (χ0v) is 8.01. The minimum absolute atomic E-state index is 1.19. The molecule has 0 aliphatic heterocycles. The largest absolute Gasteiger partial charge is 0.141 e. The van der Waals surface area contributed by atoms with Crippen molar-refractivity contribution in [2.45, 2.75) is 27.2 Å². The molecule has 1 heteroatoms. The van der Waals surface area contributed by atoms with Crippen molar-refractivity contribution in [1.29, 1.82) is 0 Å². The monoisotopic (exact) mass is 164 g/mol. The molecule has 0 radical (unpaired) electrons. The third-order valence-corrected chi connectivity index (χ3v) is 3.58. The van der Waals surface area contributed by atoms with Gasteiger partial charge in [0.15, 0.2) is 0 Å². The van der Waals surface area contributed by atoms with Crippen molar-refractivity contribution in [3.8, 4) is 0 Å². The van der Waals surface area contributed by atoms with Gasteiger partial charge in [0.1, 0.15) is 0 Å². The highest BCUT2D eigenvalue weighted by molar-refractivity contribution is 7.13. The summed E-state index contributed by atoms with van der Waals surface area (Å²) < 4.78 is 0. The van der Waals surface area contributed by atoms with Crippen molar-refractivity contribution >= 4 is 16.9 Å². The van der Waals surface area contributed by atoms with E-state index in [-0.39, 0.29) is 0 Å². The molecule has 0 unspecified atom stereocenters. The minimum Gasteiger partial charge on any atom is -0.141 e. The van der Waals surface area contributed by atoms with Crippen LogP contribution < -0.4 is 0 Å². The first-order valence-corrected chi connectivity index (χ1v) is 4.76. The highest BCUT2D eigenvalue weighted by Gasteiger charge is 2.17. The van der Waals surface area contributed by atoms with Gasteiger partial charge in [-0.1, -0.05) is 5.57 Å². The van der Waals surface area contributed by atoms with Gasteiger partial charge in [0.2, 0.25) is 0 Å². The summed E-state index contributed by atoms with van der Waals surface area (Å²) in [5, 5.41) is 0. The number of allylic oxidation sites excluding steroid dienone is 2. The maximum Gasteiger partial charge on any atom is 0.0337 e. The highest BCUT2D eigenvalue weighted by atomic mass is 32.1. The van der Waals surface area contributed by atoms with Crippen LogP contribution in [0.4, 0.5) is 0 Å². The number of hydrogen-bond donors (Lipinski definition) is 0. The second-order valence-corrected chi connectivity index (χ2v) is 4.55. The third kappa shape index (κ3) is 0.951. The Morgan fingerprint density at radius 1 is 1.27 bits per heavy atom. The van der Waals surface area contributed by atoms with Gasteiger partial charge >= 0.3 is 0 Å². The first-order valence-electron chi connectivity index (χ1n) is 3.94. The zero-order valence-electron chi connectivity index (χ0n) is 7.19. The highest BCUT2D eigenvalue weighted by Crippen LogP contribution is 2.37. The molecule has 0 N–H and O–H groups in total. The molecular weight excluding hydrogens is 152 g/mol. The van der Waals surface area contributed by atoms with Crippen LogP contribution in [0.15, 0.2) is 11.6 Å². The lowest BCUT2D eigenvalue weighted by atomic mass is 10.2. The number of rotatable bonds is 0. The standard InChI is InChI=1S/C10H12S/c1-6-4-9-5-7(2)11-10(9)8(6)3/h5H,4H2,1-3H3. The smallest absolute Gasteiger partial charge is 0.0337 e. The summed E-state index contributed by atoms with van der Waals surface area (Å²) in [5.74, 6) is 0. The molecule has 0 bridgehead atoms. The van der Waals surface area contributed by atoms with Crippen LogP contribution in [0.25, 0.3) is 5.57 Å². The lowest BCUT2D eigenvalue weighted by molar-refractivity contribution is 1.20. The zero-order chi connectivity index (χ0) is 8.01. The Morgan fingerprint density at radius 3 is 2.64 bits per heavy atom. The quantitative estimate of drug-likeness (QED) is 0.551. The van der Waals surface area contributed by atoms with Gasteiger partial charge in [0.25, 0.3) is 0 Å². The van der Waals surface area contributed by atoms with E-state index in [9.17, 15) is 0 Å². The third-order valence-electron chi connectivity index (χ3n) is 2.37. The van der Waals surface area contributed by atoms with Crippen LogP contribution in [-0.2, 0) is 6.42 Å². The summed E-state index contributed by atoms with van der Waals surface area (Å²) in [6.45, 7) is 6.65. The molecule has 11 heavy (non-hydrogen) atoms. The van der Waals surface area contributed by atoms with E-state index in [4.69, 9.17) is 0 Å². The molecule has 1 heterocycles. The van der Waals surface area contributed by atoms with Crippen LogP contribution >= 0.6 is 11.3 Å². The van der Waals surface area contributed by atoms with Gasteiger partial charge in [-0.3, -0.25) is 0 Å². The van der Waals surface area contributed by atoms with Crippen molar-refractivity contribution in [2.75, 3.05) is 0 Å². The van der Waals surface area contributed by atoms with Crippen molar-refractivity contribution < 1.29 is 0 Å². The fourth-order valence-corrected chi connectivity index (χ4v) is 2.74. The molecule has 0 aromatic carbocycles. The van der Waals surface area contributed by atoms with Gasteiger partial charge in [-0.2, -0.15) is 0 Å². The first-order chi connectivity index (χ1) is 5.18. The molecule has 1 aromatic heterocycles. The van der Waals surface area contributed by atoms with E-state index in [1.54, 1.807) is 11.1 Å². The fraction of sp³-hybridized carbons (Fsp3) is 0.400. The van der Waals surface area contributed by atoms with Gasteiger partial charge in [0.05, 0.1) is 0 Å². The van der Waals surface area contributed by atoms with Crippen molar-refractivity contribution in [2.24, 2.45) is 0 Å². The van der Waals surface area contributed by atoms with E-state index in [1.165, 1.54) is 21.7 Å². The van der Waals surface area contributed by atoms with Crippen molar-refractivity contribution in [1.82, 2.24) is 0 Å². The molecule has 0 saturated heterocycles. The molecule has 1 aliphatic carbocycles. The van der Waals surface area contributed by atoms with E-state index in [0.717, 1.165) is 0 Å². The predicted molar refractivity (Wildman–Crippen MR) is 51.0 cm³/mol. The van der Waals surface area contributed by atoms with Gasteiger partial charge in [-0.15, -0.1) is 11.3 Å². The Balaban J connectivity index is 2.58. The van der Waals surface area contributed by atoms with Crippen LogP contribution in [-0.4, -0.2) is 0 Å². The maximum absolute atomic E-state index is 2.32. The average Bonchev–Trinajstić information content (AvgIpc) is 2.37. The molecule has 0 fully saturated rings. The van der Waals surface area contributed by atoms with E-state index in [2.05, 4.69) is 26.8 Å². The van der Waals surface area contributed by atoms with Gasteiger partial charge in [-0.05, 0) is 44.4 Å². The summed E-state index contributed by atoms with van der Waals surface area (Å²) in [5.41, 5.74) is 4.60. The second kappa shape index (κ2) is 2.21. The topological polar surface area (TPSA) is 0 Å². The lowest BCUT2D eigenvalue weighted by Gasteiger charge is -1.92. The summed E-state index contributed by atoms with van der Waals surface area (Å²) in [4.78, 5) is 2.97. The van der Waals surface area contributed by atoms with Gasteiger partial charge < -0.3 is 0 Å². The Hall–Kier alpha value is -0.560. The Bertz CT molecular complexity index is 329. The van der Waals surface area contributed by atoms with Gasteiger partial charge in [-0.25, -0.2) is 0 Å². The molecular formula is C10H12S. The van der Waals surface area contributed by atoms with Crippen LogP contribution in [0.3, 0.4) is 0 Å². The molecule has 1 aromatic rings. The molecule has 0 amide bonds. The summed E-state index contributed by atoms with van der Waals surface area (Å²) >= 11 is 1.93. The minimum atomic E-state index is 1.19. The second-order valence-electron chi connectivity index (χ2n) is 3.29. The molecule has 0 nitrogen and oxygen atoms in total. The predicted octanol–water partition coefficient (Wildman–Crippen LogP) is 3.41. The van der Waals surface area contributed by atoms with E-state index in [0.29, 0.717) is 0 Å². The Morgan fingerprint density at radius 2 is 2.00 bits per heavy atom. The molecule has 0 atom stereocenters. The van der Waals surface area contributed by atoms with E-state index < -0.39 is 0 Å². The van der Waals surface area contributed by atoms with Crippen LogP contribution in [0, 0.1) is 6.92 Å². The summed E-state index contributed by atoms with van der Waals surface area (Å²) in [7, 11) is 0. The van der Waals surface area contributed by atoms with Gasteiger partial charge in [0, 0.05) is 9.75 Å². The van der Waals surface area contributed by atoms with Crippen LogP contribution in [0.2, 0.25) is 0 Å². The van der Waals surface area contributed by atoms with Crippen molar-refractivity contribution in [3.05, 3.63) is 27.0 Å². The molecule has 0 saturated carbocycles.